The van der Waals surface area contributed by atoms with E-state index in [1.165, 1.54) is 7.11 Å². The molecular formula is C20H21ClN6O3. The van der Waals surface area contributed by atoms with Crippen LogP contribution in [-0.2, 0) is 6.42 Å². The number of aromatic amines is 1. The van der Waals surface area contributed by atoms with Crippen molar-refractivity contribution in [3.8, 4) is 17.1 Å². The number of benzene rings is 1. The Hall–Kier alpha value is -3.30. The number of aromatic nitrogens is 3. The topological polar surface area (TPSA) is 124 Å². The highest BCUT2D eigenvalue weighted by atomic mass is 35.5. The maximum atomic E-state index is 12.7. The van der Waals surface area contributed by atoms with E-state index in [2.05, 4.69) is 30.9 Å². The highest BCUT2D eigenvalue weighted by Gasteiger charge is 2.28. The van der Waals surface area contributed by atoms with Gasteiger partial charge in [-0.25, -0.2) is 9.97 Å². The van der Waals surface area contributed by atoms with Crippen LogP contribution < -0.4 is 20.7 Å². The number of ether oxygens (including phenoxy) is 1. The van der Waals surface area contributed by atoms with E-state index >= 15 is 0 Å². The lowest BCUT2D eigenvalue weighted by Gasteiger charge is -2.17. The average Bonchev–Trinajstić information content (AvgIpc) is 3.12. The number of rotatable bonds is 7. The van der Waals surface area contributed by atoms with Gasteiger partial charge in [-0.05, 0) is 18.2 Å². The van der Waals surface area contributed by atoms with Crippen molar-refractivity contribution in [2.75, 3.05) is 37.4 Å². The van der Waals surface area contributed by atoms with Crippen molar-refractivity contribution < 1.29 is 14.6 Å². The number of para-hydroxylation sites is 1. The fourth-order valence-corrected chi connectivity index (χ4v) is 3.65. The molecule has 5 N–H and O–H groups in total. The second kappa shape index (κ2) is 8.60. The molecule has 1 amide bonds. The summed E-state index contributed by atoms with van der Waals surface area (Å²) in [6.07, 6.45) is 2.29. The number of methoxy groups -OCH3 is 1. The number of aliphatic hydroxyl groups is 1. The first kappa shape index (κ1) is 20.0. The smallest absolute Gasteiger partial charge is 0.255 e. The molecule has 10 heteroatoms. The number of nitrogens with zero attached hydrogens (tertiary/aromatic N) is 2. The van der Waals surface area contributed by atoms with Gasteiger partial charge in [0.15, 0.2) is 5.75 Å². The van der Waals surface area contributed by atoms with E-state index in [1.54, 1.807) is 24.4 Å². The van der Waals surface area contributed by atoms with Crippen LogP contribution in [0.15, 0.2) is 30.5 Å². The van der Waals surface area contributed by atoms with Crippen molar-refractivity contribution in [2.24, 2.45) is 0 Å². The van der Waals surface area contributed by atoms with Crippen LogP contribution in [0.3, 0.4) is 0 Å². The van der Waals surface area contributed by atoms with Crippen LogP contribution in [0.25, 0.3) is 11.4 Å². The van der Waals surface area contributed by atoms with Gasteiger partial charge in [-0.1, -0.05) is 17.7 Å². The van der Waals surface area contributed by atoms with E-state index in [1.807, 2.05) is 6.07 Å². The molecule has 3 heterocycles. The molecule has 0 bridgehead atoms. The number of carbonyl (C=O) groups is 1. The summed E-state index contributed by atoms with van der Waals surface area (Å²) in [5.74, 6) is 0.684. The summed E-state index contributed by atoms with van der Waals surface area (Å²) in [4.78, 5) is 24.7. The number of amides is 1. The number of nitrogens with one attached hydrogen (secondary N) is 4. The van der Waals surface area contributed by atoms with Crippen LogP contribution in [-0.4, -0.2) is 52.8 Å². The van der Waals surface area contributed by atoms with E-state index in [9.17, 15) is 4.79 Å². The van der Waals surface area contributed by atoms with Gasteiger partial charge >= 0.3 is 0 Å². The van der Waals surface area contributed by atoms with Gasteiger partial charge in [0.05, 0.1) is 47.1 Å². The predicted octanol–water partition coefficient (Wildman–Crippen LogP) is 2.57. The molecule has 0 saturated heterocycles. The van der Waals surface area contributed by atoms with Crippen molar-refractivity contribution in [2.45, 2.75) is 6.42 Å². The zero-order valence-electron chi connectivity index (χ0n) is 16.3. The third-order valence-corrected chi connectivity index (χ3v) is 5.00. The van der Waals surface area contributed by atoms with Crippen LogP contribution in [0, 0.1) is 0 Å². The molecule has 0 radical (unpaired) electrons. The standard InChI is InChI=1S/C20H21ClN6O3/c1-30-18-11(21)3-2-4-14(18)26-17-15-12(5-7-22-19(15)29)25-16(17)13-6-8-23-20(27-13)24-9-10-28/h2-4,6,8,25-26,28H,5,7,9-10H2,1H3,(H,22,29)(H,23,24,27). The van der Waals surface area contributed by atoms with Gasteiger partial charge in [0.2, 0.25) is 5.95 Å². The predicted molar refractivity (Wildman–Crippen MR) is 115 cm³/mol. The SMILES string of the molecule is COc1c(Cl)cccc1Nc1c(-c2ccnc(NCCO)n2)[nH]c2c1C(=O)NCC2. The van der Waals surface area contributed by atoms with Crippen molar-refractivity contribution in [3.63, 3.8) is 0 Å². The quantitative estimate of drug-likeness (QED) is 0.391. The molecule has 2 aromatic heterocycles. The summed E-state index contributed by atoms with van der Waals surface area (Å²) in [6.45, 7) is 0.850. The molecule has 0 aliphatic carbocycles. The van der Waals surface area contributed by atoms with Gasteiger partial charge in [0.1, 0.15) is 0 Å². The Labute approximate surface area is 177 Å². The van der Waals surface area contributed by atoms with Crippen LogP contribution in [0.1, 0.15) is 16.1 Å². The summed E-state index contributed by atoms with van der Waals surface area (Å²) in [6, 6.07) is 7.10. The molecule has 4 rings (SSSR count). The van der Waals surface area contributed by atoms with Crippen LogP contribution in [0.4, 0.5) is 17.3 Å². The van der Waals surface area contributed by atoms with Crippen molar-refractivity contribution in [3.05, 3.63) is 46.7 Å². The normalized spacial score (nSPS) is 12.8. The summed E-state index contributed by atoms with van der Waals surface area (Å²) in [5.41, 5.74) is 3.79. The molecule has 1 aromatic carbocycles. The minimum atomic E-state index is -0.171. The maximum Gasteiger partial charge on any atom is 0.255 e. The molecule has 0 unspecified atom stereocenters. The first-order valence-electron chi connectivity index (χ1n) is 9.43. The van der Waals surface area contributed by atoms with E-state index in [4.69, 9.17) is 21.4 Å². The van der Waals surface area contributed by atoms with Gasteiger partial charge in [-0.3, -0.25) is 4.79 Å². The van der Waals surface area contributed by atoms with Crippen LogP contribution >= 0.6 is 11.6 Å². The zero-order chi connectivity index (χ0) is 21.1. The molecule has 0 spiro atoms. The molecule has 3 aromatic rings. The van der Waals surface area contributed by atoms with E-state index in [-0.39, 0.29) is 12.5 Å². The Balaban J connectivity index is 1.83. The van der Waals surface area contributed by atoms with Gasteiger partial charge in [0, 0.05) is 31.4 Å². The number of fused-ring (bicyclic) bond motifs is 1. The molecule has 30 heavy (non-hydrogen) atoms. The first-order chi connectivity index (χ1) is 14.6. The number of H-pyrrole nitrogens is 1. The minimum Gasteiger partial charge on any atom is -0.493 e. The second-order valence-corrected chi connectivity index (χ2v) is 7.00. The Morgan fingerprint density at radius 3 is 3.00 bits per heavy atom. The molecule has 156 valence electrons. The summed E-state index contributed by atoms with van der Waals surface area (Å²) in [5, 5.41) is 18.6. The van der Waals surface area contributed by atoms with Crippen molar-refractivity contribution >= 4 is 34.8 Å². The molecule has 1 aliphatic rings. The monoisotopic (exact) mass is 428 g/mol. The first-order valence-corrected chi connectivity index (χ1v) is 9.81. The Kier molecular flexibility index (Phi) is 5.73. The lowest BCUT2D eigenvalue weighted by Crippen LogP contribution is -2.31. The molecule has 0 saturated carbocycles. The van der Waals surface area contributed by atoms with Crippen molar-refractivity contribution in [1.29, 1.82) is 0 Å². The third kappa shape index (κ3) is 3.77. The third-order valence-electron chi connectivity index (χ3n) is 4.70. The van der Waals surface area contributed by atoms with Gasteiger partial charge in [-0.15, -0.1) is 0 Å². The van der Waals surface area contributed by atoms with Gasteiger partial charge in [-0.2, -0.15) is 0 Å². The highest BCUT2D eigenvalue weighted by Crippen LogP contribution is 2.40. The van der Waals surface area contributed by atoms with E-state index < -0.39 is 0 Å². The number of hydrogen-bond acceptors (Lipinski definition) is 7. The molecule has 0 atom stereocenters. The molecular weight excluding hydrogens is 408 g/mol. The second-order valence-electron chi connectivity index (χ2n) is 6.60. The summed E-state index contributed by atoms with van der Waals surface area (Å²) < 4.78 is 5.44. The number of halogens is 1. The van der Waals surface area contributed by atoms with Gasteiger partial charge in [0.25, 0.3) is 5.91 Å². The van der Waals surface area contributed by atoms with Crippen LogP contribution in [0.5, 0.6) is 5.75 Å². The minimum absolute atomic E-state index is 0.0358. The fourth-order valence-electron chi connectivity index (χ4n) is 3.40. The van der Waals surface area contributed by atoms with Crippen molar-refractivity contribution in [1.82, 2.24) is 20.3 Å². The number of carbonyl (C=O) groups excluding carboxylic acids is 1. The van der Waals surface area contributed by atoms with Crippen LogP contribution in [0.2, 0.25) is 5.02 Å². The zero-order valence-corrected chi connectivity index (χ0v) is 17.0. The van der Waals surface area contributed by atoms with E-state index in [0.29, 0.717) is 64.6 Å². The lowest BCUT2D eigenvalue weighted by atomic mass is 10.1. The summed E-state index contributed by atoms with van der Waals surface area (Å²) in [7, 11) is 1.54. The Morgan fingerprint density at radius 2 is 2.20 bits per heavy atom. The van der Waals surface area contributed by atoms with E-state index in [0.717, 1.165) is 5.69 Å². The summed E-state index contributed by atoms with van der Waals surface area (Å²) >= 11 is 6.27. The largest absolute Gasteiger partial charge is 0.493 e. The molecule has 9 nitrogen and oxygen atoms in total. The number of aliphatic hydroxyl groups excluding tert-OH is 1. The average molecular weight is 429 g/mol. The number of hydrogen-bond donors (Lipinski definition) is 5. The molecule has 1 aliphatic heterocycles. The number of anilines is 3. The fraction of sp³-hybridized carbons (Fsp3) is 0.250. The maximum absolute atomic E-state index is 12.7. The highest BCUT2D eigenvalue weighted by molar-refractivity contribution is 6.32. The Bertz CT molecular complexity index is 1080. The lowest BCUT2D eigenvalue weighted by molar-refractivity contribution is 0.0947. The van der Waals surface area contributed by atoms with Gasteiger partial charge < -0.3 is 30.8 Å². The molecule has 0 fully saturated rings. The Morgan fingerprint density at radius 1 is 1.33 bits per heavy atom.